The molecule has 17 heavy (non-hydrogen) atoms. The van der Waals surface area contributed by atoms with Gasteiger partial charge in [-0.15, -0.1) is 11.3 Å². The van der Waals surface area contributed by atoms with Gasteiger partial charge in [0.15, 0.2) is 0 Å². The third-order valence-corrected chi connectivity index (χ3v) is 3.82. The SMILES string of the molecule is CC(C)Cc1ccc(-c2nc(CS)cs2)cc1. The Labute approximate surface area is 112 Å². The summed E-state index contributed by atoms with van der Waals surface area (Å²) in [5.74, 6) is 1.42. The van der Waals surface area contributed by atoms with Crippen molar-refractivity contribution in [2.24, 2.45) is 5.92 Å². The van der Waals surface area contributed by atoms with Crippen molar-refractivity contribution in [3.8, 4) is 10.6 Å². The van der Waals surface area contributed by atoms with Crippen LogP contribution in [0, 0.1) is 5.92 Å². The van der Waals surface area contributed by atoms with Crippen LogP contribution in [0.1, 0.15) is 25.1 Å². The van der Waals surface area contributed by atoms with E-state index in [1.54, 1.807) is 11.3 Å². The van der Waals surface area contributed by atoms with Crippen molar-refractivity contribution in [1.82, 2.24) is 4.98 Å². The maximum Gasteiger partial charge on any atom is 0.123 e. The van der Waals surface area contributed by atoms with Crippen molar-refractivity contribution in [3.05, 3.63) is 40.9 Å². The molecule has 1 nitrogen and oxygen atoms in total. The van der Waals surface area contributed by atoms with Gasteiger partial charge >= 0.3 is 0 Å². The molecule has 0 N–H and O–H groups in total. The topological polar surface area (TPSA) is 12.9 Å². The van der Waals surface area contributed by atoms with Crippen LogP contribution in [0.4, 0.5) is 0 Å². The van der Waals surface area contributed by atoms with E-state index in [1.165, 1.54) is 11.1 Å². The first-order chi connectivity index (χ1) is 8.19. The second-order valence-electron chi connectivity index (χ2n) is 4.60. The summed E-state index contributed by atoms with van der Waals surface area (Å²) in [5, 5.41) is 3.16. The van der Waals surface area contributed by atoms with E-state index in [0.29, 0.717) is 11.7 Å². The quantitative estimate of drug-likeness (QED) is 0.805. The van der Waals surface area contributed by atoms with Gasteiger partial charge in [0.2, 0.25) is 0 Å². The highest BCUT2D eigenvalue weighted by molar-refractivity contribution is 7.79. The van der Waals surface area contributed by atoms with E-state index in [4.69, 9.17) is 0 Å². The lowest BCUT2D eigenvalue weighted by Crippen LogP contribution is -1.93. The van der Waals surface area contributed by atoms with Gasteiger partial charge in [0, 0.05) is 16.7 Å². The van der Waals surface area contributed by atoms with Crippen molar-refractivity contribution in [2.75, 3.05) is 0 Å². The molecule has 0 unspecified atom stereocenters. The fourth-order valence-corrected chi connectivity index (χ4v) is 2.88. The standard InChI is InChI=1S/C14H17NS2/c1-10(2)7-11-3-5-12(6-4-11)14-15-13(8-16)9-17-14/h3-6,9-10,16H,7-8H2,1-2H3. The lowest BCUT2D eigenvalue weighted by molar-refractivity contribution is 0.647. The zero-order chi connectivity index (χ0) is 12.3. The predicted octanol–water partition coefficient (Wildman–Crippen LogP) is 4.44. The van der Waals surface area contributed by atoms with E-state index >= 15 is 0 Å². The molecular formula is C14H17NS2. The van der Waals surface area contributed by atoms with Gasteiger partial charge in [-0.25, -0.2) is 4.98 Å². The summed E-state index contributed by atoms with van der Waals surface area (Å²) in [4.78, 5) is 4.53. The van der Waals surface area contributed by atoms with Crippen LogP contribution in [0.5, 0.6) is 0 Å². The second kappa shape index (κ2) is 5.69. The third kappa shape index (κ3) is 3.33. The number of thiazole rings is 1. The summed E-state index contributed by atoms with van der Waals surface area (Å²) in [6.45, 7) is 4.49. The van der Waals surface area contributed by atoms with Crippen molar-refractivity contribution in [3.63, 3.8) is 0 Å². The maximum atomic E-state index is 4.53. The fourth-order valence-electron chi connectivity index (χ4n) is 1.77. The van der Waals surface area contributed by atoms with E-state index in [2.05, 4.69) is 61.1 Å². The van der Waals surface area contributed by atoms with Gasteiger partial charge in [0.1, 0.15) is 5.01 Å². The molecule has 2 rings (SSSR count). The van der Waals surface area contributed by atoms with Gasteiger partial charge in [-0.05, 0) is 17.9 Å². The fraction of sp³-hybridized carbons (Fsp3) is 0.357. The van der Waals surface area contributed by atoms with Gasteiger partial charge in [0.05, 0.1) is 5.69 Å². The molecule has 0 bridgehead atoms. The lowest BCUT2D eigenvalue weighted by atomic mass is 10.0. The molecular weight excluding hydrogens is 246 g/mol. The summed E-state index contributed by atoms with van der Waals surface area (Å²) < 4.78 is 0. The molecule has 90 valence electrons. The van der Waals surface area contributed by atoms with Gasteiger partial charge < -0.3 is 0 Å². The minimum atomic E-state index is 0.705. The van der Waals surface area contributed by atoms with Crippen LogP contribution in [-0.4, -0.2) is 4.98 Å². The Kier molecular flexibility index (Phi) is 4.24. The average molecular weight is 263 g/mol. The largest absolute Gasteiger partial charge is 0.240 e. The van der Waals surface area contributed by atoms with Crippen LogP contribution in [-0.2, 0) is 12.2 Å². The molecule has 0 atom stereocenters. The molecule has 0 saturated heterocycles. The van der Waals surface area contributed by atoms with Gasteiger partial charge in [0.25, 0.3) is 0 Å². The minimum Gasteiger partial charge on any atom is -0.240 e. The Balaban J connectivity index is 2.17. The number of benzene rings is 1. The van der Waals surface area contributed by atoms with Crippen LogP contribution in [0.25, 0.3) is 10.6 Å². The summed E-state index contributed by atoms with van der Waals surface area (Å²) in [5.41, 5.74) is 3.66. The first-order valence-electron chi connectivity index (χ1n) is 5.83. The molecule has 0 aliphatic heterocycles. The second-order valence-corrected chi connectivity index (χ2v) is 5.77. The number of thiol groups is 1. The summed E-state index contributed by atoms with van der Waals surface area (Å²) >= 11 is 5.92. The maximum absolute atomic E-state index is 4.53. The Morgan fingerprint density at radius 2 is 1.94 bits per heavy atom. The molecule has 3 heteroatoms. The number of nitrogens with zero attached hydrogens (tertiary/aromatic N) is 1. The summed E-state index contributed by atoms with van der Waals surface area (Å²) in [7, 11) is 0. The molecule has 1 aromatic heterocycles. The molecule has 2 aromatic rings. The zero-order valence-corrected chi connectivity index (χ0v) is 11.9. The van der Waals surface area contributed by atoms with Gasteiger partial charge in [-0.1, -0.05) is 38.1 Å². The Morgan fingerprint density at radius 3 is 2.47 bits per heavy atom. The molecule has 0 amide bonds. The molecule has 1 aromatic carbocycles. The number of hydrogen-bond donors (Lipinski definition) is 1. The highest BCUT2D eigenvalue weighted by Crippen LogP contribution is 2.25. The first kappa shape index (κ1) is 12.7. The Morgan fingerprint density at radius 1 is 1.24 bits per heavy atom. The van der Waals surface area contributed by atoms with Crippen LogP contribution in [0.15, 0.2) is 29.6 Å². The molecule has 0 fully saturated rings. The van der Waals surface area contributed by atoms with Gasteiger partial charge in [-0.3, -0.25) is 0 Å². The average Bonchev–Trinajstić information content (AvgIpc) is 2.78. The molecule has 0 radical (unpaired) electrons. The summed E-state index contributed by atoms with van der Waals surface area (Å²) in [6.07, 6.45) is 1.14. The van der Waals surface area contributed by atoms with E-state index in [9.17, 15) is 0 Å². The highest BCUT2D eigenvalue weighted by atomic mass is 32.1. The third-order valence-electron chi connectivity index (χ3n) is 2.56. The summed E-state index contributed by atoms with van der Waals surface area (Å²) in [6, 6.07) is 8.74. The normalized spacial score (nSPS) is 11.1. The van der Waals surface area contributed by atoms with E-state index in [1.807, 2.05) is 0 Å². The number of rotatable bonds is 4. The van der Waals surface area contributed by atoms with E-state index < -0.39 is 0 Å². The molecule has 0 aliphatic carbocycles. The highest BCUT2D eigenvalue weighted by Gasteiger charge is 2.04. The molecule has 0 saturated carbocycles. The first-order valence-corrected chi connectivity index (χ1v) is 7.35. The zero-order valence-electron chi connectivity index (χ0n) is 10.2. The van der Waals surface area contributed by atoms with Gasteiger partial charge in [-0.2, -0.15) is 12.6 Å². The van der Waals surface area contributed by atoms with Crippen LogP contribution < -0.4 is 0 Å². The molecule has 0 aliphatic rings. The Bertz CT molecular complexity index is 471. The predicted molar refractivity (Wildman–Crippen MR) is 78.8 cm³/mol. The van der Waals surface area contributed by atoms with Crippen molar-refractivity contribution < 1.29 is 0 Å². The number of aromatic nitrogens is 1. The lowest BCUT2D eigenvalue weighted by Gasteiger charge is -2.05. The van der Waals surface area contributed by atoms with Crippen molar-refractivity contribution in [2.45, 2.75) is 26.0 Å². The van der Waals surface area contributed by atoms with Crippen molar-refractivity contribution >= 4 is 24.0 Å². The van der Waals surface area contributed by atoms with Crippen LogP contribution in [0.3, 0.4) is 0 Å². The van der Waals surface area contributed by atoms with Crippen LogP contribution in [0.2, 0.25) is 0 Å². The molecule has 1 heterocycles. The molecule has 0 spiro atoms. The minimum absolute atomic E-state index is 0.705. The van der Waals surface area contributed by atoms with Crippen molar-refractivity contribution in [1.29, 1.82) is 0 Å². The monoisotopic (exact) mass is 263 g/mol. The van der Waals surface area contributed by atoms with E-state index in [0.717, 1.165) is 17.1 Å². The van der Waals surface area contributed by atoms with E-state index in [-0.39, 0.29) is 0 Å². The smallest absolute Gasteiger partial charge is 0.123 e. The Hall–Kier alpha value is -0.800. The number of hydrogen-bond acceptors (Lipinski definition) is 3. The van der Waals surface area contributed by atoms with Crippen LogP contribution >= 0.6 is 24.0 Å².